The number of hydrogen-bond acceptors (Lipinski definition) is 2. The molecular weight excluding hydrogens is 212 g/mol. The molecule has 0 aromatic rings. The third kappa shape index (κ3) is 8.62. The molecule has 0 aliphatic carbocycles. The van der Waals surface area contributed by atoms with E-state index < -0.39 is 0 Å². The molecule has 0 radical (unpaired) electrons. The lowest BCUT2D eigenvalue weighted by molar-refractivity contribution is 0.0627. The Morgan fingerprint density at radius 2 is 1.35 bits per heavy atom. The van der Waals surface area contributed by atoms with Gasteiger partial charge in [-0.05, 0) is 18.3 Å². The van der Waals surface area contributed by atoms with Crippen LogP contribution in [0.2, 0.25) is 0 Å². The van der Waals surface area contributed by atoms with Crippen molar-refractivity contribution in [2.75, 3.05) is 27.4 Å². The predicted molar refractivity (Wildman–Crippen MR) is 74.4 cm³/mol. The molecule has 2 nitrogen and oxygen atoms in total. The summed E-state index contributed by atoms with van der Waals surface area (Å²) in [6.07, 6.45) is 9.28. The Kier molecular flexibility index (Phi) is 12.3. The summed E-state index contributed by atoms with van der Waals surface area (Å²) in [5.41, 5.74) is 0. The summed E-state index contributed by atoms with van der Waals surface area (Å²) in [5.74, 6) is 1.33. The fraction of sp³-hybridized carbons (Fsp3) is 1.00. The summed E-state index contributed by atoms with van der Waals surface area (Å²) in [4.78, 5) is 0. The third-order valence-electron chi connectivity index (χ3n) is 3.63. The Balaban J connectivity index is 3.86. The predicted octanol–water partition coefficient (Wildman–Crippen LogP) is 4.28. The topological polar surface area (TPSA) is 18.5 Å². The van der Waals surface area contributed by atoms with Crippen molar-refractivity contribution in [2.24, 2.45) is 11.8 Å². The molecule has 0 aliphatic rings. The first-order valence-corrected chi connectivity index (χ1v) is 7.27. The number of methoxy groups -OCH3 is 2. The van der Waals surface area contributed by atoms with Gasteiger partial charge in [-0.3, -0.25) is 0 Å². The highest BCUT2D eigenvalue weighted by molar-refractivity contribution is 4.69. The van der Waals surface area contributed by atoms with Gasteiger partial charge < -0.3 is 9.47 Å². The molecule has 0 aliphatic heterocycles. The fourth-order valence-corrected chi connectivity index (χ4v) is 2.48. The van der Waals surface area contributed by atoms with Crippen LogP contribution in [0.15, 0.2) is 0 Å². The summed E-state index contributed by atoms with van der Waals surface area (Å²) in [7, 11) is 3.61. The van der Waals surface area contributed by atoms with E-state index in [0.29, 0.717) is 11.8 Å². The normalized spacial score (nSPS) is 14.8. The van der Waals surface area contributed by atoms with E-state index in [-0.39, 0.29) is 0 Å². The van der Waals surface area contributed by atoms with Crippen molar-refractivity contribution < 1.29 is 9.47 Å². The maximum atomic E-state index is 5.36. The molecule has 0 saturated carbocycles. The molecule has 17 heavy (non-hydrogen) atoms. The van der Waals surface area contributed by atoms with Crippen molar-refractivity contribution in [3.63, 3.8) is 0 Å². The van der Waals surface area contributed by atoms with E-state index in [9.17, 15) is 0 Å². The first-order chi connectivity index (χ1) is 8.29. The van der Waals surface area contributed by atoms with Crippen LogP contribution >= 0.6 is 0 Å². The van der Waals surface area contributed by atoms with E-state index in [4.69, 9.17) is 9.47 Å². The van der Waals surface area contributed by atoms with Gasteiger partial charge in [0.1, 0.15) is 0 Å². The van der Waals surface area contributed by atoms with Gasteiger partial charge in [-0.2, -0.15) is 0 Å². The van der Waals surface area contributed by atoms with Crippen LogP contribution in [0.3, 0.4) is 0 Å². The number of rotatable bonds is 12. The van der Waals surface area contributed by atoms with Crippen LogP contribution in [-0.2, 0) is 9.47 Å². The average Bonchev–Trinajstić information content (AvgIpc) is 2.34. The Morgan fingerprint density at radius 3 is 1.88 bits per heavy atom. The van der Waals surface area contributed by atoms with E-state index in [0.717, 1.165) is 13.2 Å². The summed E-state index contributed by atoms with van der Waals surface area (Å²) >= 11 is 0. The highest BCUT2D eigenvalue weighted by Gasteiger charge is 2.19. The van der Waals surface area contributed by atoms with Crippen molar-refractivity contribution in [3.8, 4) is 0 Å². The highest BCUT2D eigenvalue weighted by atomic mass is 16.5. The van der Waals surface area contributed by atoms with E-state index in [1.807, 2.05) is 7.11 Å². The molecule has 0 aromatic carbocycles. The zero-order valence-corrected chi connectivity index (χ0v) is 12.3. The molecule has 0 spiro atoms. The first-order valence-electron chi connectivity index (χ1n) is 7.27. The molecule has 0 rings (SSSR count). The minimum atomic E-state index is 0.658. The quantitative estimate of drug-likeness (QED) is 0.477. The number of ether oxygens (including phenoxy) is 2. The molecule has 0 amide bonds. The van der Waals surface area contributed by atoms with E-state index in [1.54, 1.807) is 7.11 Å². The van der Waals surface area contributed by atoms with Crippen LogP contribution in [0, 0.1) is 11.8 Å². The van der Waals surface area contributed by atoms with Crippen molar-refractivity contribution >= 4 is 0 Å². The van der Waals surface area contributed by atoms with Gasteiger partial charge in [0.05, 0.1) is 0 Å². The van der Waals surface area contributed by atoms with E-state index in [1.165, 1.54) is 44.9 Å². The summed E-state index contributed by atoms with van der Waals surface area (Å²) in [6.45, 7) is 6.28. The molecule has 0 fully saturated rings. The van der Waals surface area contributed by atoms with E-state index in [2.05, 4.69) is 13.8 Å². The van der Waals surface area contributed by atoms with Gasteiger partial charge in [-0.1, -0.05) is 52.4 Å². The average molecular weight is 244 g/mol. The number of hydrogen-bond donors (Lipinski definition) is 0. The van der Waals surface area contributed by atoms with Crippen LogP contribution in [0.4, 0.5) is 0 Å². The second-order valence-corrected chi connectivity index (χ2v) is 5.04. The minimum Gasteiger partial charge on any atom is -0.384 e. The summed E-state index contributed by atoms with van der Waals surface area (Å²) < 4.78 is 10.7. The van der Waals surface area contributed by atoms with Crippen LogP contribution in [0.25, 0.3) is 0 Å². The first kappa shape index (κ1) is 16.9. The molecule has 104 valence electrons. The molecule has 2 unspecified atom stereocenters. The number of unbranched alkanes of at least 4 members (excludes halogenated alkanes) is 4. The molecule has 0 bridgehead atoms. The van der Waals surface area contributed by atoms with Gasteiger partial charge in [0.15, 0.2) is 0 Å². The Bertz CT molecular complexity index is 148. The fourth-order valence-electron chi connectivity index (χ4n) is 2.48. The van der Waals surface area contributed by atoms with Crippen molar-refractivity contribution in [2.45, 2.75) is 58.8 Å². The Morgan fingerprint density at radius 1 is 0.765 bits per heavy atom. The van der Waals surface area contributed by atoms with Crippen LogP contribution in [0.5, 0.6) is 0 Å². The summed E-state index contributed by atoms with van der Waals surface area (Å²) in [5, 5.41) is 0. The molecule has 0 saturated heterocycles. The van der Waals surface area contributed by atoms with Crippen molar-refractivity contribution in [1.82, 2.24) is 0 Å². The van der Waals surface area contributed by atoms with Gasteiger partial charge in [-0.25, -0.2) is 0 Å². The van der Waals surface area contributed by atoms with Gasteiger partial charge in [0, 0.05) is 27.4 Å². The lowest BCUT2D eigenvalue weighted by Crippen LogP contribution is -2.23. The lowest BCUT2D eigenvalue weighted by Gasteiger charge is -2.25. The zero-order valence-electron chi connectivity index (χ0n) is 12.3. The van der Waals surface area contributed by atoms with Gasteiger partial charge in [0.25, 0.3) is 0 Å². The monoisotopic (exact) mass is 244 g/mol. The highest BCUT2D eigenvalue weighted by Crippen LogP contribution is 2.23. The van der Waals surface area contributed by atoms with Gasteiger partial charge in [-0.15, -0.1) is 0 Å². The van der Waals surface area contributed by atoms with E-state index >= 15 is 0 Å². The molecule has 0 aromatic heterocycles. The Labute approximate surface area is 108 Å². The minimum absolute atomic E-state index is 0.658. The Hall–Kier alpha value is -0.0800. The largest absolute Gasteiger partial charge is 0.384 e. The lowest BCUT2D eigenvalue weighted by atomic mass is 9.87. The van der Waals surface area contributed by atoms with Gasteiger partial charge in [0.2, 0.25) is 0 Å². The maximum absolute atomic E-state index is 5.36. The second kappa shape index (κ2) is 12.4. The van der Waals surface area contributed by atoms with Gasteiger partial charge >= 0.3 is 0 Å². The molecule has 0 heterocycles. The van der Waals surface area contributed by atoms with Crippen LogP contribution < -0.4 is 0 Å². The smallest absolute Gasteiger partial charge is 0.0493 e. The SMILES string of the molecule is CCCCCCCC(COC)C(CC)COC. The molecular formula is C15H32O2. The standard InChI is InChI=1S/C15H32O2/c1-5-7-8-9-10-11-15(13-17-4)14(6-2)12-16-3/h14-15H,5-13H2,1-4H3. The third-order valence-corrected chi connectivity index (χ3v) is 3.63. The molecule has 2 heteroatoms. The van der Waals surface area contributed by atoms with Crippen LogP contribution in [-0.4, -0.2) is 27.4 Å². The van der Waals surface area contributed by atoms with Crippen molar-refractivity contribution in [1.29, 1.82) is 0 Å². The molecule has 2 atom stereocenters. The summed E-state index contributed by atoms with van der Waals surface area (Å²) in [6, 6.07) is 0. The second-order valence-electron chi connectivity index (χ2n) is 5.04. The molecule has 0 N–H and O–H groups in total. The van der Waals surface area contributed by atoms with Crippen molar-refractivity contribution in [3.05, 3.63) is 0 Å². The zero-order chi connectivity index (χ0) is 12.9. The van der Waals surface area contributed by atoms with Crippen LogP contribution in [0.1, 0.15) is 58.8 Å². The maximum Gasteiger partial charge on any atom is 0.0493 e.